The first-order valence-corrected chi connectivity index (χ1v) is 9.86. The molecule has 0 atom stereocenters. The molecule has 0 amide bonds. The number of aromatic nitrogens is 6. The normalized spacial score (nSPS) is 11.6. The average molecular weight is 400 g/mol. The molecule has 0 saturated heterocycles. The number of H-pyrrole nitrogens is 1. The van der Waals surface area contributed by atoms with Gasteiger partial charge in [0.15, 0.2) is 0 Å². The second kappa shape index (κ2) is 7.26. The minimum absolute atomic E-state index is 0.240. The Morgan fingerprint density at radius 3 is 2.67 bits per heavy atom. The Morgan fingerprint density at radius 2 is 1.87 bits per heavy atom. The van der Waals surface area contributed by atoms with E-state index in [4.69, 9.17) is 0 Å². The molecule has 150 valence electrons. The number of fused-ring (bicyclic) bond motifs is 1. The molecule has 0 aliphatic heterocycles. The summed E-state index contributed by atoms with van der Waals surface area (Å²) >= 11 is 0. The van der Waals surface area contributed by atoms with E-state index in [0.717, 1.165) is 38.9 Å². The first-order chi connectivity index (χ1) is 14.6. The van der Waals surface area contributed by atoms with Crippen molar-refractivity contribution in [2.24, 2.45) is 0 Å². The Hall–Kier alpha value is -3.74. The van der Waals surface area contributed by atoms with Crippen LogP contribution in [0.3, 0.4) is 0 Å². The lowest BCUT2D eigenvalue weighted by Crippen LogP contribution is -1.99. The molecule has 0 saturated carbocycles. The summed E-state index contributed by atoms with van der Waals surface area (Å²) in [7, 11) is 0. The van der Waals surface area contributed by atoms with E-state index in [2.05, 4.69) is 40.1 Å². The molecule has 1 aromatic carbocycles. The Morgan fingerprint density at radius 1 is 1.00 bits per heavy atom. The molecule has 0 aliphatic rings. The summed E-state index contributed by atoms with van der Waals surface area (Å²) in [4.78, 5) is 7.82. The summed E-state index contributed by atoms with van der Waals surface area (Å²) in [5.41, 5.74) is 5.75. The minimum atomic E-state index is -0.240. The van der Waals surface area contributed by atoms with Gasteiger partial charge in [-0.2, -0.15) is 10.2 Å². The Labute approximate surface area is 173 Å². The van der Waals surface area contributed by atoms with E-state index < -0.39 is 0 Å². The Balaban J connectivity index is 1.48. The van der Waals surface area contributed by atoms with Gasteiger partial charge in [-0.3, -0.25) is 9.36 Å². The fourth-order valence-electron chi connectivity index (χ4n) is 3.58. The lowest BCUT2D eigenvalue weighted by molar-refractivity contribution is 0.532. The van der Waals surface area contributed by atoms with Gasteiger partial charge in [-0.25, -0.2) is 9.37 Å². The monoisotopic (exact) mass is 400 g/mol. The standard InChI is InChI=1S/C23H21FN6/c1-15(2)30-14-18(9-28-30)17-7-21-22(11-26-23(21)25-8-17)19-10-27-29(13-19)12-16-4-3-5-20(24)6-16/h3-11,13-15H,12H2,1-2H3,(H,25,26). The zero-order valence-electron chi connectivity index (χ0n) is 16.7. The molecule has 1 N–H and O–H groups in total. The number of benzene rings is 1. The van der Waals surface area contributed by atoms with Gasteiger partial charge in [0, 0.05) is 58.5 Å². The predicted octanol–water partition coefficient (Wildman–Crippen LogP) is 5.06. The van der Waals surface area contributed by atoms with Crippen molar-refractivity contribution in [2.75, 3.05) is 0 Å². The molecule has 0 aliphatic carbocycles. The van der Waals surface area contributed by atoms with Crippen molar-refractivity contribution >= 4 is 11.0 Å². The van der Waals surface area contributed by atoms with Crippen molar-refractivity contribution < 1.29 is 4.39 Å². The number of halogens is 1. The summed E-state index contributed by atoms with van der Waals surface area (Å²) < 4.78 is 17.2. The van der Waals surface area contributed by atoms with E-state index in [1.165, 1.54) is 12.1 Å². The zero-order valence-corrected chi connectivity index (χ0v) is 16.7. The van der Waals surface area contributed by atoms with Gasteiger partial charge in [-0.15, -0.1) is 0 Å². The highest BCUT2D eigenvalue weighted by atomic mass is 19.1. The van der Waals surface area contributed by atoms with Gasteiger partial charge in [-0.1, -0.05) is 12.1 Å². The van der Waals surface area contributed by atoms with E-state index in [1.807, 2.05) is 52.6 Å². The summed E-state index contributed by atoms with van der Waals surface area (Å²) in [6, 6.07) is 9.01. The molecule has 7 heteroatoms. The van der Waals surface area contributed by atoms with E-state index in [-0.39, 0.29) is 5.82 Å². The van der Waals surface area contributed by atoms with Crippen molar-refractivity contribution in [1.82, 2.24) is 29.5 Å². The Bertz CT molecular complexity index is 1330. The third kappa shape index (κ3) is 3.39. The predicted molar refractivity (Wildman–Crippen MR) is 114 cm³/mol. The van der Waals surface area contributed by atoms with E-state index in [0.29, 0.717) is 12.6 Å². The van der Waals surface area contributed by atoms with E-state index in [9.17, 15) is 4.39 Å². The zero-order chi connectivity index (χ0) is 20.7. The largest absolute Gasteiger partial charge is 0.346 e. The summed E-state index contributed by atoms with van der Waals surface area (Å²) in [6.45, 7) is 4.71. The first kappa shape index (κ1) is 18.3. The maximum Gasteiger partial charge on any atom is 0.137 e. The fraction of sp³-hybridized carbons (Fsp3) is 0.174. The summed E-state index contributed by atoms with van der Waals surface area (Å²) in [5.74, 6) is -0.240. The molecule has 0 radical (unpaired) electrons. The number of hydrogen-bond donors (Lipinski definition) is 1. The topological polar surface area (TPSA) is 64.3 Å². The van der Waals surface area contributed by atoms with Crippen LogP contribution in [0.1, 0.15) is 25.5 Å². The molecular formula is C23H21FN6. The second-order valence-electron chi connectivity index (χ2n) is 7.68. The highest BCUT2D eigenvalue weighted by molar-refractivity contribution is 5.95. The number of pyridine rings is 1. The molecule has 0 fully saturated rings. The molecule has 6 nitrogen and oxygen atoms in total. The molecule has 30 heavy (non-hydrogen) atoms. The van der Waals surface area contributed by atoms with E-state index >= 15 is 0 Å². The molecular weight excluding hydrogens is 379 g/mol. The highest BCUT2D eigenvalue weighted by Crippen LogP contribution is 2.31. The lowest BCUT2D eigenvalue weighted by Gasteiger charge is -2.03. The van der Waals surface area contributed by atoms with Crippen LogP contribution in [0.15, 0.2) is 67.5 Å². The van der Waals surface area contributed by atoms with Crippen LogP contribution in [0.2, 0.25) is 0 Å². The second-order valence-corrected chi connectivity index (χ2v) is 7.68. The van der Waals surface area contributed by atoms with Crippen LogP contribution in [0.4, 0.5) is 4.39 Å². The van der Waals surface area contributed by atoms with Crippen molar-refractivity contribution in [1.29, 1.82) is 0 Å². The SMILES string of the molecule is CC(C)n1cc(-c2cnc3[nH]cc(-c4cnn(Cc5cccc(F)c5)c4)c3c2)cn1. The number of nitrogens with one attached hydrogen (secondary N) is 1. The highest BCUT2D eigenvalue weighted by Gasteiger charge is 2.12. The quantitative estimate of drug-likeness (QED) is 0.449. The van der Waals surface area contributed by atoms with Crippen LogP contribution in [-0.2, 0) is 6.54 Å². The van der Waals surface area contributed by atoms with Gasteiger partial charge < -0.3 is 4.98 Å². The van der Waals surface area contributed by atoms with Crippen molar-refractivity contribution in [3.05, 3.63) is 78.9 Å². The van der Waals surface area contributed by atoms with Crippen LogP contribution in [0.5, 0.6) is 0 Å². The third-order valence-electron chi connectivity index (χ3n) is 5.17. The van der Waals surface area contributed by atoms with Crippen LogP contribution in [0.25, 0.3) is 33.3 Å². The van der Waals surface area contributed by atoms with Gasteiger partial charge in [0.05, 0.1) is 18.9 Å². The van der Waals surface area contributed by atoms with E-state index in [1.54, 1.807) is 6.07 Å². The Kier molecular flexibility index (Phi) is 4.43. The number of hydrogen-bond acceptors (Lipinski definition) is 3. The summed E-state index contributed by atoms with van der Waals surface area (Å²) in [5, 5.41) is 9.91. The molecule has 5 aromatic rings. The van der Waals surface area contributed by atoms with Gasteiger partial charge in [0.1, 0.15) is 11.5 Å². The first-order valence-electron chi connectivity index (χ1n) is 9.86. The van der Waals surface area contributed by atoms with Gasteiger partial charge >= 0.3 is 0 Å². The minimum Gasteiger partial charge on any atom is -0.346 e. The number of rotatable bonds is 5. The fourth-order valence-corrected chi connectivity index (χ4v) is 3.58. The van der Waals surface area contributed by atoms with Crippen LogP contribution in [0, 0.1) is 5.82 Å². The molecule has 5 rings (SSSR count). The molecule has 4 aromatic heterocycles. The molecule has 0 bridgehead atoms. The number of nitrogens with zero attached hydrogens (tertiary/aromatic N) is 5. The lowest BCUT2D eigenvalue weighted by atomic mass is 10.1. The molecule has 0 unspecified atom stereocenters. The maximum atomic E-state index is 13.4. The third-order valence-corrected chi connectivity index (χ3v) is 5.17. The number of aromatic amines is 1. The van der Waals surface area contributed by atoms with Gasteiger partial charge in [0.2, 0.25) is 0 Å². The molecule has 0 spiro atoms. The van der Waals surface area contributed by atoms with Gasteiger partial charge in [-0.05, 0) is 37.6 Å². The van der Waals surface area contributed by atoms with Crippen molar-refractivity contribution in [3.63, 3.8) is 0 Å². The van der Waals surface area contributed by atoms with Crippen molar-refractivity contribution in [3.8, 4) is 22.3 Å². The smallest absolute Gasteiger partial charge is 0.137 e. The van der Waals surface area contributed by atoms with Crippen molar-refractivity contribution in [2.45, 2.75) is 26.4 Å². The van der Waals surface area contributed by atoms with Gasteiger partial charge in [0.25, 0.3) is 0 Å². The van der Waals surface area contributed by atoms with Crippen LogP contribution >= 0.6 is 0 Å². The van der Waals surface area contributed by atoms with Crippen LogP contribution < -0.4 is 0 Å². The maximum absolute atomic E-state index is 13.4. The molecule has 4 heterocycles. The van der Waals surface area contributed by atoms with Crippen LogP contribution in [-0.4, -0.2) is 29.5 Å². The summed E-state index contributed by atoms with van der Waals surface area (Å²) in [6.07, 6.45) is 11.5. The average Bonchev–Trinajstić information content (AvgIpc) is 3.46.